The Hall–Kier alpha value is -1.07. The van der Waals surface area contributed by atoms with E-state index < -0.39 is 15.3 Å². The fourth-order valence-electron chi connectivity index (χ4n) is 2.06. The summed E-state index contributed by atoms with van der Waals surface area (Å²) in [6.45, 7) is 5.88. The minimum absolute atomic E-state index is 0.415. The van der Waals surface area contributed by atoms with Gasteiger partial charge in [-0.15, -0.1) is 0 Å². The first-order chi connectivity index (χ1) is 8.75. The van der Waals surface area contributed by atoms with E-state index in [4.69, 9.17) is 9.88 Å². The van der Waals surface area contributed by atoms with Gasteiger partial charge in [0.2, 0.25) is 10.0 Å². The molecule has 0 aliphatic heterocycles. The van der Waals surface area contributed by atoms with Gasteiger partial charge in [0.25, 0.3) is 0 Å². The van der Waals surface area contributed by atoms with Gasteiger partial charge in [0.15, 0.2) is 0 Å². The molecule has 0 aliphatic rings. The average Bonchev–Trinajstić information content (AvgIpc) is 2.29. The van der Waals surface area contributed by atoms with E-state index in [1.54, 1.807) is 14.0 Å². The molecule has 0 amide bonds. The molecule has 5 heteroatoms. The molecule has 1 rings (SSSR count). The van der Waals surface area contributed by atoms with E-state index in [1.807, 2.05) is 18.2 Å². The van der Waals surface area contributed by atoms with Crippen LogP contribution in [0.25, 0.3) is 0 Å². The zero-order valence-corrected chi connectivity index (χ0v) is 12.8. The van der Waals surface area contributed by atoms with Gasteiger partial charge >= 0.3 is 0 Å². The SMILES string of the molecule is COc1cccc(CC(C)S(N)(=O)=O)c1CC(C)C. The fourth-order valence-corrected chi connectivity index (χ4v) is 2.47. The number of sulfonamides is 1. The van der Waals surface area contributed by atoms with Crippen LogP contribution in [0.2, 0.25) is 0 Å². The highest BCUT2D eigenvalue weighted by atomic mass is 32.2. The highest BCUT2D eigenvalue weighted by Gasteiger charge is 2.19. The summed E-state index contributed by atoms with van der Waals surface area (Å²) in [5.41, 5.74) is 2.07. The lowest BCUT2D eigenvalue weighted by Gasteiger charge is -2.17. The van der Waals surface area contributed by atoms with Crippen molar-refractivity contribution in [2.75, 3.05) is 7.11 Å². The molecule has 19 heavy (non-hydrogen) atoms. The predicted molar refractivity (Wildman–Crippen MR) is 77.8 cm³/mol. The Bertz CT molecular complexity index is 523. The lowest BCUT2D eigenvalue weighted by atomic mass is 9.94. The first-order valence-corrected chi connectivity index (χ1v) is 8.03. The average molecular weight is 285 g/mol. The Labute approximate surface area is 116 Å². The molecule has 108 valence electrons. The molecular formula is C14H23NO3S. The Morgan fingerprint density at radius 3 is 2.32 bits per heavy atom. The van der Waals surface area contributed by atoms with Crippen molar-refractivity contribution in [1.29, 1.82) is 0 Å². The maximum atomic E-state index is 11.4. The fraction of sp³-hybridized carbons (Fsp3) is 0.571. The summed E-state index contributed by atoms with van der Waals surface area (Å²) >= 11 is 0. The van der Waals surface area contributed by atoms with E-state index in [9.17, 15) is 8.42 Å². The summed E-state index contributed by atoms with van der Waals surface area (Å²) < 4.78 is 28.1. The van der Waals surface area contributed by atoms with E-state index in [1.165, 1.54) is 0 Å². The Kier molecular flexibility index (Phi) is 5.38. The van der Waals surface area contributed by atoms with Crippen LogP contribution in [0.15, 0.2) is 18.2 Å². The Morgan fingerprint density at radius 2 is 1.84 bits per heavy atom. The highest BCUT2D eigenvalue weighted by molar-refractivity contribution is 7.89. The maximum absolute atomic E-state index is 11.4. The molecule has 1 atom stereocenters. The Morgan fingerprint density at radius 1 is 1.21 bits per heavy atom. The molecule has 2 N–H and O–H groups in total. The number of benzene rings is 1. The van der Waals surface area contributed by atoms with Crippen molar-refractivity contribution in [3.8, 4) is 5.75 Å². The molecule has 4 nitrogen and oxygen atoms in total. The van der Waals surface area contributed by atoms with Crippen LogP contribution in [0.1, 0.15) is 31.9 Å². The van der Waals surface area contributed by atoms with Gasteiger partial charge in [-0.1, -0.05) is 26.0 Å². The number of nitrogens with two attached hydrogens (primary N) is 1. The molecular weight excluding hydrogens is 262 g/mol. The molecule has 1 aromatic rings. The van der Waals surface area contributed by atoms with E-state index >= 15 is 0 Å². The first kappa shape index (κ1) is 16.0. The summed E-state index contributed by atoms with van der Waals surface area (Å²) in [5.74, 6) is 1.28. The number of methoxy groups -OCH3 is 1. The zero-order chi connectivity index (χ0) is 14.6. The number of ether oxygens (including phenoxy) is 1. The first-order valence-electron chi connectivity index (χ1n) is 6.42. The third-order valence-electron chi connectivity index (χ3n) is 3.13. The van der Waals surface area contributed by atoms with Crippen LogP contribution in [0.3, 0.4) is 0 Å². The van der Waals surface area contributed by atoms with Crippen molar-refractivity contribution < 1.29 is 13.2 Å². The number of rotatable bonds is 6. The predicted octanol–water partition coefficient (Wildman–Crippen LogP) is 2.11. The summed E-state index contributed by atoms with van der Waals surface area (Å²) in [4.78, 5) is 0. The van der Waals surface area contributed by atoms with E-state index in [0.717, 1.165) is 23.3 Å². The van der Waals surface area contributed by atoms with Gasteiger partial charge in [0, 0.05) is 0 Å². The number of primary sulfonamides is 1. The van der Waals surface area contributed by atoms with Crippen molar-refractivity contribution in [2.24, 2.45) is 11.1 Å². The molecule has 0 aliphatic carbocycles. The van der Waals surface area contributed by atoms with Crippen molar-refractivity contribution in [1.82, 2.24) is 0 Å². The van der Waals surface area contributed by atoms with Gasteiger partial charge in [-0.05, 0) is 42.9 Å². The molecule has 0 fully saturated rings. The van der Waals surface area contributed by atoms with Crippen molar-refractivity contribution in [3.63, 3.8) is 0 Å². The zero-order valence-electron chi connectivity index (χ0n) is 12.0. The topological polar surface area (TPSA) is 69.4 Å². The largest absolute Gasteiger partial charge is 0.496 e. The molecule has 0 saturated heterocycles. The van der Waals surface area contributed by atoms with E-state index in [2.05, 4.69) is 13.8 Å². The van der Waals surface area contributed by atoms with E-state index in [-0.39, 0.29) is 0 Å². The molecule has 1 unspecified atom stereocenters. The van der Waals surface area contributed by atoms with E-state index in [0.29, 0.717) is 12.3 Å². The molecule has 1 aromatic carbocycles. The maximum Gasteiger partial charge on any atom is 0.212 e. The monoisotopic (exact) mass is 285 g/mol. The molecule has 0 radical (unpaired) electrons. The molecule has 0 spiro atoms. The summed E-state index contributed by atoms with van der Waals surface area (Å²) in [6.07, 6.45) is 1.27. The second kappa shape index (κ2) is 6.39. The summed E-state index contributed by atoms with van der Waals surface area (Å²) in [5, 5.41) is 4.60. The summed E-state index contributed by atoms with van der Waals surface area (Å²) in [6, 6.07) is 5.73. The van der Waals surface area contributed by atoms with Crippen LogP contribution < -0.4 is 9.88 Å². The second-order valence-electron chi connectivity index (χ2n) is 5.30. The van der Waals surface area contributed by atoms with Gasteiger partial charge in [-0.2, -0.15) is 0 Å². The van der Waals surface area contributed by atoms with Gasteiger partial charge in [0.1, 0.15) is 5.75 Å². The van der Waals surface area contributed by atoms with Gasteiger partial charge in [0.05, 0.1) is 12.4 Å². The molecule has 0 aromatic heterocycles. The van der Waals surface area contributed by atoms with Gasteiger partial charge in [-0.25, -0.2) is 13.6 Å². The summed E-state index contributed by atoms with van der Waals surface area (Å²) in [7, 11) is -1.88. The lowest BCUT2D eigenvalue weighted by molar-refractivity contribution is 0.405. The van der Waals surface area contributed by atoms with Crippen LogP contribution in [0, 0.1) is 5.92 Å². The minimum Gasteiger partial charge on any atom is -0.496 e. The van der Waals surface area contributed by atoms with Crippen molar-refractivity contribution >= 4 is 10.0 Å². The van der Waals surface area contributed by atoms with Crippen LogP contribution in [0.4, 0.5) is 0 Å². The minimum atomic E-state index is -3.51. The quantitative estimate of drug-likeness (QED) is 0.870. The normalized spacial score (nSPS) is 13.6. The van der Waals surface area contributed by atoms with Crippen molar-refractivity contribution in [3.05, 3.63) is 29.3 Å². The van der Waals surface area contributed by atoms with Crippen LogP contribution in [0.5, 0.6) is 5.75 Å². The second-order valence-corrected chi connectivity index (χ2v) is 7.28. The van der Waals surface area contributed by atoms with Crippen molar-refractivity contribution in [2.45, 2.75) is 38.9 Å². The smallest absolute Gasteiger partial charge is 0.212 e. The number of hydrogen-bond acceptors (Lipinski definition) is 3. The molecule has 0 heterocycles. The Balaban J connectivity index is 3.12. The third-order valence-corrected chi connectivity index (χ3v) is 4.42. The van der Waals surface area contributed by atoms with Gasteiger partial charge < -0.3 is 4.74 Å². The van der Waals surface area contributed by atoms with Gasteiger partial charge in [-0.3, -0.25) is 0 Å². The lowest BCUT2D eigenvalue weighted by Crippen LogP contribution is -2.28. The van der Waals surface area contributed by atoms with Crippen LogP contribution in [-0.2, 0) is 22.9 Å². The van der Waals surface area contributed by atoms with Crippen LogP contribution in [-0.4, -0.2) is 20.8 Å². The molecule has 0 bridgehead atoms. The number of hydrogen-bond donors (Lipinski definition) is 1. The molecule has 0 saturated carbocycles. The highest BCUT2D eigenvalue weighted by Crippen LogP contribution is 2.26. The third kappa shape index (κ3) is 4.51. The standard InChI is InChI=1S/C14H23NO3S/c1-10(2)8-13-12(6-5-7-14(13)18-4)9-11(3)19(15,16)17/h5-7,10-11H,8-9H2,1-4H3,(H2,15,16,17). The van der Waals surface area contributed by atoms with Crippen LogP contribution >= 0.6 is 0 Å².